The fourth-order valence-corrected chi connectivity index (χ4v) is 3.33. The molecule has 0 heterocycles. The third-order valence-corrected chi connectivity index (χ3v) is 4.88. The predicted octanol–water partition coefficient (Wildman–Crippen LogP) is 3.06. The van der Waals surface area contributed by atoms with Crippen LogP contribution in [-0.4, -0.2) is 37.2 Å². The number of nitrogens with two attached hydrogens (primary N) is 1. The summed E-state index contributed by atoms with van der Waals surface area (Å²) in [7, 11) is 3.97. The maximum absolute atomic E-state index is 6.12. The molecule has 20 heavy (non-hydrogen) atoms. The first-order valence-electron chi connectivity index (χ1n) is 7.28. The van der Waals surface area contributed by atoms with E-state index in [1.807, 2.05) is 12.1 Å². The molecule has 2 atom stereocenters. The van der Waals surface area contributed by atoms with Crippen LogP contribution in [0.25, 0.3) is 0 Å². The average Bonchev–Trinajstić information content (AvgIpc) is 2.49. The van der Waals surface area contributed by atoms with Gasteiger partial charge in [0.15, 0.2) is 0 Å². The van der Waals surface area contributed by atoms with E-state index in [2.05, 4.69) is 24.1 Å². The van der Waals surface area contributed by atoms with Gasteiger partial charge in [0.2, 0.25) is 0 Å². The second-order valence-corrected chi connectivity index (χ2v) is 6.30. The molecule has 0 saturated heterocycles. The third-order valence-electron chi connectivity index (χ3n) is 4.63. The highest BCUT2D eigenvalue weighted by Gasteiger charge is 2.38. The van der Waals surface area contributed by atoms with Crippen LogP contribution in [-0.2, 0) is 11.3 Å². The molecule has 0 radical (unpaired) electrons. The minimum Gasteiger partial charge on any atom is -0.381 e. The standard InChI is InChI=1S/C16H25ClN2O/c1-19(11-13-5-7-14(17)8-6-13)16(12-18)9-3-4-15(10-16)20-2/h5-8,15H,3-4,9-12,18H2,1-2H3. The molecule has 2 unspecified atom stereocenters. The monoisotopic (exact) mass is 296 g/mol. The molecule has 0 aliphatic heterocycles. The topological polar surface area (TPSA) is 38.5 Å². The van der Waals surface area contributed by atoms with Gasteiger partial charge in [-0.2, -0.15) is 0 Å². The number of likely N-dealkylation sites (N-methyl/N-ethyl adjacent to an activating group) is 1. The number of methoxy groups -OCH3 is 1. The van der Waals surface area contributed by atoms with Crippen LogP contribution in [0.3, 0.4) is 0 Å². The molecule has 2 N–H and O–H groups in total. The first kappa shape index (κ1) is 15.8. The molecule has 0 bridgehead atoms. The van der Waals surface area contributed by atoms with Crippen molar-refractivity contribution in [2.45, 2.75) is 43.9 Å². The summed E-state index contributed by atoms with van der Waals surface area (Å²) >= 11 is 5.94. The number of ether oxygens (including phenoxy) is 1. The Bertz CT molecular complexity index is 423. The smallest absolute Gasteiger partial charge is 0.0589 e. The Morgan fingerprint density at radius 1 is 1.40 bits per heavy atom. The Morgan fingerprint density at radius 2 is 2.10 bits per heavy atom. The van der Waals surface area contributed by atoms with Gasteiger partial charge in [-0.25, -0.2) is 0 Å². The minimum atomic E-state index is 0.0541. The van der Waals surface area contributed by atoms with E-state index in [-0.39, 0.29) is 5.54 Å². The van der Waals surface area contributed by atoms with Gasteiger partial charge in [-0.05, 0) is 50.4 Å². The summed E-state index contributed by atoms with van der Waals surface area (Å²) in [6.45, 7) is 1.57. The Morgan fingerprint density at radius 3 is 2.70 bits per heavy atom. The van der Waals surface area contributed by atoms with Crippen LogP contribution in [0.2, 0.25) is 5.02 Å². The van der Waals surface area contributed by atoms with Gasteiger partial charge in [-0.1, -0.05) is 23.7 Å². The van der Waals surface area contributed by atoms with Crippen LogP contribution in [0.4, 0.5) is 0 Å². The number of nitrogens with zero attached hydrogens (tertiary/aromatic N) is 1. The quantitative estimate of drug-likeness (QED) is 0.907. The van der Waals surface area contributed by atoms with E-state index in [1.54, 1.807) is 7.11 Å². The van der Waals surface area contributed by atoms with E-state index in [0.717, 1.165) is 30.8 Å². The molecule has 112 valence electrons. The van der Waals surface area contributed by atoms with E-state index in [4.69, 9.17) is 22.1 Å². The predicted molar refractivity (Wildman–Crippen MR) is 84.0 cm³/mol. The molecule has 1 aliphatic carbocycles. The lowest BCUT2D eigenvalue weighted by atomic mass is 9.78. The number of rotatable bonds is 5. The molecule has 0 spiro atoms. The van der Waals surface area contributed by atoms with Crippen molar-refractivity contribution in [1.82, 2.24) is 4.90 Å². The van der Waals surface area contributed by atoms with E-state index < -0.39 is 0 Å². The van der Waals surface area contributed by atoms with Crippen LogP contribution in [0.5, 0.6) is 0 Å². The highest BCUT2D eigenvalue weighted by Crippen LogP contribution is 2.34. The van der Waals surface area contributed by atoms with Crippen molar-refractivity contribution in [2.75, 3.05) is 20.7 Å². The highest BCUT2D eigenvalue weighted by atomic mass is 35.5. The summed E-state index contributed by atoms with van der Waals surface area (Å²) in [4.78, 5) is 2.39. The summed E-state index contributed by atoms with van der Waals surface area (Å²) in [5, 5.41) is 0.780. The highest BCUT2D eigenvalue weighted by molar-refractivity contribution is 6.30. The fourth-order valence-electron chi connectivity index (χ4n) is 3.21. The minimum absolute atomic E-state index is 0.0541. The number of hydrogen-bond acceptors (Lipinski definition) is 3. The van der Waals surface area contributed by atoms with Gasteiger partial charge in [0.05, 0.1) is 6.10 Å². The number of benzene rings is 1. The van der Waals surface area contributed by atoms with Crippen LogP contribution >= 0.6 is 11.6 Å². The first-order valence-corrected chi connectivity index (χ1v) is 7.66. The summed E-state index contributed by atoms with van der Waals surface area (Å²) in [5.41, 5.74) is 7.44. The summed E-state index contributed by atoms with van der Waals surface area (Å²) in [5.74, 6) is 0. The largest absolute Gasteiger partial charge is 0.381 e. The van der Waals surface area contributed by atoms with Crippen molar-refractivity contribution in [3.63, 3.8) is 0 Å². The van der Waals surface area contributed by atoms with Gasteiger partial charge in [0.25, 0.3) is 0 Å². The van der Waals surface area contributed by atoms with Crippen molar-refractivity contribution in [3.05, 3.63) is 34.9 Å². The van der Waals surface area contributed by atoms with Gasteiger partial charge in [-0.15, -0.1) is 0 Å². The second-order valence-electron chi connectivity index (χ2n) is 5.87. The lowest BCUT2D eigenvalue weighted by Gasteiger charge is -2.46. The van der Waals surface area contributed by atoms with E-state index in [1.165, 1.54) is 12.0 Å². The normalized spacial score (nSPS) is 26.9. The maximum atomic E-state index is 6.12. The molecule has 1 aromatic rings. The zero-order valence-electron chi connectivity index (χ0n) is 12.4. The molecule has 2 rings (SSSR count). The molecule has 1 saturated carbocycles. The van der Waals surface area contributed by atoms with Crippen molar-refractivity contribution in [1.29, 1.82) is 0 Å². The Balaban J connectivity index is 2.08. The lowest BCUT2D eigenvalue weighted by molar-refractivity contribution is -0.0149. The van der Waals surface area contributed by atoms with Crippen LogP contribution in [0.1, 0.15) is 31.2 Å². The molecule has 0 aromatic heterocycles. The van der Waals surface area contributed by atoms with Gasteiger partial charge in [0, 0.05) is 30.8 Å². The average molecular weight is 297 g/mol. The third kappa shape index (κ3) is 3.53. The molecular weight excluding hydrogens is 272 g/mol. The van der Waals surface area contributed by atoms with Crippen LogP contribution in [0.15, 0.2) is 24.3 Å². The second kappa shape index (κ2) is 6.90. The first-order chi connectivity index (χ1) is 9.59. The van der Waals surface area contributed by atoms with E-state index >= 15 is 0 Å². The molecular formula is C16H25ClN2O. The van der Waals surface area contributed by atoms with Gasteiger partial charge >= 0.3 is 0 Å². The van der Waals surface area contributed by atoms with Gasteiger partial charge in [0.1, 0.15) is 0 Å². The van der Waals surface area contributed by atoms with Crippen molar-refractivity contribution >= 4 is 11.6 Å². The molecule has 4 heteroatoms. The Hall–Kier alpha value is -0.610. The molecule has 1 aromatic carbocycles. The van der Waals surface area contributed by atoms with E-state index in [0.29, 0.717) is 12.6 Å². The van der Waals surface area contributed by atoms with Crippen molar-refractivity contribution in [3.8, 4) is 0 Å². The molecule has 1 aliphatic rings. The van der Waals surface area contributed by atoms with Gasteiger partial charge < -0.3 is 10.5 Å². The molecule has 3 nitrogen and oxygen atoms in total. The summed E-state index contributed by atoms with van der Waals surface area (Å²) < 4.78 is 5.56. The molecule has 1 fully saturated rings. The fraction of sp³-hybridized carbons (Fsp3) is 0.625. The summed E-state index contributed by atoms with van der Waals surface area (Å²) in [6, 6.07) is 8.05. The summed E-state index contributed by atoms with van der Waals surface area (Å²) in [6.07, 6.45) is 4.82. The van der Waals surface area contributed by atoms with Crippen molar-refractivity contribution < 1.29 is 4.74 Å². The maximum Gasteiger partial charge on any atom is 0.0589 e. The van der Waals surface area contributed by atoms with E-state index in [9.17, 15) is 0 Å². The lowest BCUT2D eigenvalue weighted by Crippen LogP contribution is -2.55. The SMILES string of the molecule is COC1CCCC(CN)(N(C)Cc2ccc(Cl)cc2)C1. The number of halogens is 1. The van der Waals surface area contributed by atoms with Crippen LogP contribution < -0.4 is 5.73 Å². The molecule has 0 amide bonds. The number of hydrogen-bond donors (Lipinski definition) is 1. The van der Waals surface area contributed by atoms with Crippen molar-refractivity contribution in [2.24, 2.45) is 5.73 Å². The Kier molecular flexibility index (Phi) is 5.44. The van der Waals surface area contributed by atoms with Gasteiger partial charge in [-0.3, -0.25) is 4.90 Å². The zero-order chi connectivity index (χ0) is 14.6. The van der Waals surface area contributed by atoms with Crippen LogP contribution in [0, 0.1) is 0 Å². The zero-order valence-corrected chi connectivity index (χ0v) is 13.2. The Labute approximate surface area is 127 Å².